The van der Waals surface area contributed by atoms with Crippen LogP contribution in [-0.2, 0) is 0 Å². The van der Waals surface area contributed by atoms with Gasteiger partial charge in [0.15, 0.2) is 0 Å². The molecule has 0 aliphatic heterocycles. The molecular formula is C10H16B. The average molecular weight is 147 g/mol. The van der Waals surface area contributed by atoms with Crippen molar-refractivity contribution in [3.63, 3.8) is 0 Å². The van der Waals surface area contributed by atoms with Gasteiger partial charge in [-0.2, -0.15) is 0 Å². The fraction of sp³-hybridized carbons (Fsp3) is 0.400. The van der Waals surface area contributed by atoms with Crippen molar-refractivity contribution in [3.8, 4) is 0 Å². The summed E-state index contributed by atoms with van der Waals surface area (Å²) in [6.07, 6.45) is 8.07. The predicted octanol–water partition coefficient (Wildman–Crippen LogP) is 3.24. The van der Waals surface area contributed by atoms with Crippen LogP contribution in [0.2, 0.25) is 12.6 Å². The van der Waals surface area contributed by atoms with Gasteiger partial charge in [0.05, 0.1) is 0 Å². The molecule has 0 aromatic rings. The van der Waals surface area contributed by atoms with Crippen LogP contribution < -0.4 is 0 Å². The maximum atomic E-state index is 3.95. The molecule has 0 bridgehead atoms. The van der Waals surface area contributed by atoms with Gasteiger partial charge in [-0.25, -0.2) is 0 Å². The molecule has 1 heteroatoms. The first-order valence-electron chi connectivity index (χ1n) is 4.00. The zero-order valence-electron chi connectivity index (χ0n) is 7.67. The Kier molecular flexibility index (Phi) is 5.63. The highest BCUT2D eigenvalue weighted by Crippen LogP contribution is 2.13. The first-order chi connectivity index (χ1) is 5.22. The van der Waals surface area contributed by atoms with Crippen LogP contribution in [0.1, 0.15) is 13.8 Å². The summed E-state index contributed by atoms with van der Waals surface area (Å²) in [5.74, 6) is 0.483. The Morgan fingerprint density at radius 3 is 2.55 bits per heavy atom. The maximum Gasteiger partial charge on any atom is 0.115 e. The zero-order valence-corrected chi connectivity index (χ0v) is 7.67. The summed E-state index contributed by atoms with van der Waals surface area (Å²) in [6, 6.07) is 0. The van der Waals surface area contributed by atoms with Gasteiger partial charge in [-0.05, 0) is 12.7 Å². The molecule has 11 heavy (non-hydrogen) atoms. The molecule has 0 spiro atoms. The summed E-state index contributed by atoms with van der Waals surface area (Å²) >= 11 is 0. The Balaban J connectivity index is 3.86. The van der Waals surface area contributed by atoms with Gasteiger partial charge in [-0.15, -0.1) is 0 Å². The molecule has 0 aliphatic carbocycles. The largest absolute Gasteiger partial charge is 0.115 e. The molecule has 0 aliphatic rings. The van der Waals surface area contributed by atoms with Crippen molar-refractivity contribution in [2.75, 3.05) is 0 Å². The second-order valence-electron chi connectivity index (χ2n) is 2.58. The SMILES string of the molecule is C=C(/C=C\C=C/C)C(C)[B]C. The quantitative estimate of drug-likeness (QED) is 0.423. The molecule has 0 amide bonds. The molecule has 0 heterocycles. The highest BCUT2D eigenvalue weighted by molar-refractivity contribution is 6.36. The molecular weight excluding hydrogens is 131 g/mol. The Labute approximate surface area is 70.9 Å². The van der Waals surface area contributed by atoms with E-state index in [0.29, 0.717) is 5.82 Å². The molecule has 1 unspecified atom stereocenters. The van der Waals surface area contributed by atoms with E-state index in [1.807, 2.05) is 31.2 Å². The summed E-state index contributed by atoms with van der Waals surface area (Å²) in [4.78, 5) is 0. The van der Waals surface area contributed by atoms with E-state index in [1.54, 1.807) is 0 Å². The summed E-state index contributed by atoms with van der Waals surface area (Å²) in [5.41, 5.74) is 1.16. The molecule has 59 valence electrons. The molecule has 0 N–H and O–H groups in total. The lowest BCUT2D eigenvalue weighted by Crippen LogP contribution is -1.94. The first-order valence-corrected chi connectivity index (χ1v) is 4.00. The smallest absolute Gasteiger partial charge is 0.0963 e. The lowest BCUT2D eigenvalue weighted by molar-refractivity contribution is 1.13. The third kappa shape index (κ3) is 4.66. The molecule has 0 nitrogen and oxygen atoms in total. The third-order valence-electron chi connectivity index (χ3n) is 1.70. The van der Waals surface area contributed by atoms with E-state index in [4.69, 9.17) is 0 Å². The standard InChI is InChI=1S/C10H16B/c1-5-6-7-8-9(2)10(3)11-4/h5-8,10H,2H2,1,3-4H3/b6-5-,8-7-. The van der Waals surface area contributed by atoms with E-state index in [0.717, 1.165) is 5.57 Å². The van der Waals surface area contributed by atoms with E-state index in [9.17, 15) is 0 Å². The lowest BCUT2D eigenvalue weighted by Gasteiger charge is -2.05. The summed E-state index contributed by atoms with van der Waals surface area (Å²) in [6.45, 7) is 10.1. The van der Waals surface area contributed by atoms with Crippen LogP contribution >= 0.6 is 0 Å². The molecule has 1 radical (unpaired) electrons. The molecule has 0 aromatic carbocycles. The Bertz CT molecular complexity index is 166. The minimum Gasteiger partial charge on any atom is -0.0963 e. The fourth-order valence-corrected chi connectivity index (χ4v) is 0.656. The van der Waals surface area contributed by atoms with E-state index < -0.39 is 0 Å². The fourth-order valence-electron chi connectivity index (χ4n) is 0.656. The first kappa shape index (κ1) is 10.3. The van der Waals surface area contributed by atoms with Crippen molar-refractivity contribution in [1.29, 1.82) is 0 Å². The molecule has 1 atom stereocenters. The number of rotatable bonds is 4. The van der Waals surface area contributed by atoms with Gasteiger partial charge < -0.3 is 0 Å². The molecule has 0 fully saturated rings. The molecule has 0 rings (SSSR count). The highest BCUT2D eigenvalue weighted by atomic mass is 13.9. The topological polar surface area (TPSA) is 0 Å². The van der Waals surface area contributed by atoms with Gasteiger partial charge >= 0.3 is 0 Å². The number of hydrogen-bond acceptors (Lipinski definition) is 0. The van der Waals surface area contributed by atoms with Gasteiger partial charge in [0, 0.05) is 0 Å². The number of hydrogen-bond donors (Lipinski definition) is 0. The van der Waals surface area contributed by atoms with Crippen molar-refractivity contribution < 1.29 is 0 Å². The van der Waals surface area contributed by atoms with E-state index in [-0.39, 0.29) is 0 Å². The van der Waals surface area contributed by atoms with Gasteiger partial charge in [-0.1, -0.05) is 50.2 Å². The molecule has 0 saturated carbocycles. The van der Waals surface area contributed by atoms with E-state index in [1.165, 1.54) is 0 Å². The Morgan fingerprint density at radius 1 is 1.45 bits per heavy atom. The van der Waals surface area contributed by atoms with E-state index >= 15 is 0 Å². The van der Waals surface area contributed by atoms with Crippen molar-refractivity contribution in [1.82, 2.24) is 0 Å². The Hall–Kier alpha value is -0.715. The van der Waals surface area contributed by atoms with Crippen LogP contribution in [0.5, 0.6) is 0 Å². The lowest BCUT2D eigenvalue weighted by atomic mass is 9.65. The second-order valence-corrected chi connectivity index (χ2v) is 2.58. The zero-order chi connectivity index (χ0) is 8.69. The van der Waals surface area contributed by atoms with Gasteiger partial charge in [-0.3, -0.25) is 0 Å². The average Bonchev–Trinajstić information content (AvgIpc) is 2.03. The van der Waals surface area contributed by atoms with Crippen molar-refractivity contribution in [2.24, 2.45) is 0 Å². The summed E-state index contributed by atoms with van der Waals surface area (Å²) in [5, 5.41) is 0. The van der Waals surface area contributed by atoms with Crippen LogP contribution in [0.4, 0.5) is 0 Å². The van der Waals surface area contributed by atoms with Gasteiger partial charge in [0.1, 0.15) is 7.28 Å². The normalized spacial score (nSPS) is 14.1. The minimum absolute atomic E-state index is 0.483. The van der Waals surface area contributed by atoms with Crippen LogP contribution in [0, 0.1) is 0 Å². The summed E-state index contributed by atoms with van der Waals surface area (Å²) in [7, 11) is 2.14. The van der Waals surface area contributed by atoms with Crippen LogP contribution in [-0.4, -0.2) is 7.28 Å². The third-order valence-corrected chi connectivity index (χ3v) is 1.70. The maximum absolute atomic E-state index is 3.95. The minimum atomic E-state index is 0.483. The predicted molar refractivity (Wildman–Crippen MR) is 54.1 cm³/mol. The van der Waals surface area contributed by atoms with Gasteiger partial charge in [0.25, 0.3) is 0 Å². The van der Waals surface area contributed by atoms with Gasteiger partial charge in [0.2, 0.25) is 0 Å². The van der Waals surface area contributed by atoms with Crippen LogP contribution in [0.25, 0.3) is 0 Å². The van der Waals surface area contributed by atoms with Crippen LogP contribution in [0.3, 0.4) is 0 Å². The Morgan fingerprint density at radius 2 is 2.09 bits per heavy atom. The summed E-state index contributed by atoms with van der Waals surface area (Å²) < 4.78 is 0. The molecule has 0 aromatic heterocycles. The highest BCUT2D eigenvalue weighted by Gasteiger charge is 1.99. The van der Waals surface area contributed by atoms with E-state index in [2.05, 4.69) is 27.6 Å². The second kappa shape index (κ2) is 6.02. The van der Waals surface area contributed by atoms with Crippen molar-refractivity contribution in [2.45, 2.75) is 26.5 Å². The molecule has 0 saturated heterocycles. The van der Waals surface area contributed by atoms with Crippen LogP contribution in [0.15, 0.2) is 36.5 Å². The van der Waals surface area contributed by atoms with Crippen molar-refractivity contribution in [3.05, 3.63) is 36.5 Å². The van der Waals surface area contributed by atoms with Crippen molar-refractivity contribution >= 4 is 7.28 Å². The number of allylic oxidation sites excluding steroid dienone is 5. The monoisotopic (exact) mass is 147 g/mol.